The molecule has 1 saturated heterocycles. The van der Waals surface area contributed by atoms with Gasteiger partial charge in [0.1, 0.15) is 17.8 Å². The van der Waals surface area contributed by atoms with Crippen LogP contribution in [0.3, 0.4) is 0 Å². The average Bonchev–Trinajstić information content (AvgIpc) is 3.71. The second-order valence-electron chi connectivity index (χ2n) is 10.8. The standard InChI is InChI=1S/C29H34N6O4/c36-26-22-4-1-2-5-24(22)39-20-29(8-3-14-34(17-13-32-26)25-18-30-11-12-31-25)9-15-35(16-10-29)28(37)23-19-38-27(33-23)21-6-7-21/h1-2,4-5,11-12,18-19,21H,3,6-10,13-17,20H2,(H,32,36). The molecule has 0 atom stereocenters. The Morgan fingerprint density at radius 2 is 1.90 bits per heavy atom. The highest BCUT2D eigenvalue weighted by atomic mass is 16.5. The lowest BCUT2D eigenvalue weighted by Crippen LogP contribution is -2.46. The molecule has 39 heavy (non-hydrogen) atoms. The van der Waals surface area contributed by atoms with E-state index in [4.69, 9.17) is 9.15 Å². The average molecular weight is 531 g/mol. The molecule has 6 rings (SSSR count). The molecule has 2 fully saturated rings. The van der Waals surface area contributed by atoms with Gasteiger partial charge in [0.15, 0.2) is 11.6 Å². The monoisotopic (exact) mass is 530 g/mol. The van der Waals surface area contributed by atoms with E-state index in [1.54, 1.807) is 24.7 Å². The Morgan fingerprint density at radius 3 is 2.69 bits per heavy atom. The van der Waals surface area contributed by atoms with Crippen LogP contribution in [0.4, 0.5) is 5.82 Å². The Hall–Kier alpha value is -3.95. The molecule has 2 aromatic heterocycles. The lowest BCUT2D eigenvalue weighted by atomic mass is 9.75. The van der Waals surface area contributed by atoms with Gasteiger partial charge in [0.2, 0.25) is 0 Å². The third kappa shape index (κ3) is 5.74. The molecular formula is C29H34N6O4. The van der Waals surface area contributed by atoms with Crippen LogP contribution in [0.15, 0.2) is 53.5 Å². The van der Waals surface area contributed by atoms with Crippen molar-refractivity contribution in [1.82, 2.24) is 25.2 Å². The van der Waals surface area contributed by atoms with Crippen LogP contribution >= 0.6 is 0 Å². The van der Waals surface area contributed by atoms with E-state index in [-0.39, 0.29) is 17.2 Å². The Morgan fingerprint density at radius 1 is 1.05 bits per heavy atom. The number of carbonyl (C=O) groups is 2. The minimum Gasteiger partial charge on any atom is -0.492 e. The zero-order chi connectivity index (χ0) is 26.7. The largest absolute Gasteiger partial charge is 0.492 e. The summed E-state index contributed by atoms with van der Waals surface area (Å²) < 4.78 is 11.9. The summed E-state index contributed by atoms with van der Waals surface area (Å²) in [6.45, 7) is 3.64. The summed E-state index contributed by atoms with van der Waals surface area (Å²) in [6.07, 6.45) is 12.3. The molecular weight excluding hydrogens is 496 g/mol. The second-order valence-corrected chi connectivity index (χ2v) is 10.8. The summed E-state index contributed by atoms with van der Waals surface area (Å²) in [5.41, 5.74) is 0.813. The molecule has 10 nitrogen and oxygen atoms in total. The summed E-state index contributed by atoms with van der Waals surface area (Å²) in [4.78, 5) is 43.4. The maximum absolute atomic E-state index is 13.2. The van der Waals surface area contributed by atoms with Gasteiger partial charge in [-0.05, 0) is 50.7 Å². The minimum atomic E-state index is -0.156. The van der Waals surface area contributed by atoms with E-state index in [0.717, 1.165) is 50.9 Å². The van der Waals surface area contributed by atoms with Gasteiger partial charge in [-0.3, -0.25) is 14.6 Å². The molecule has 204 valence electrons. The lowest BCUT2D eigenvalue weighted by molar-refractivity contribution is 0.0361. The number of carbonyl (C=O) groups excluding carboxylic acids is 2. The van der Waals surface area contributed by atoms with E-state index in [2.05, 4.69) is 25.2 Å². The zero-order valence-corrected chi connectivity index (χ0v) is 22.1. The SMILES string of the molecule is O=C1NCCN(c2cnccn2)CCCC2(CCN(C(=O)c3coc(C4CC4)n3)CC2)COc2ccccc21. The van der Waals surface area contributed by atoms with Crippen LogP contribution in [-0.4, -0.2) is 71.0 Å². The fraction of sp³-hybridized carbons (Fsp3) is 0.483. The number of hydrogen-bond acceptors (Lipinski definition) is 8. The van der Waals surface area contributed by atoms with Crippen molar-refractivity contribution in [3.05, 3.63) is 66.3 Å². The van der Waals surface area contributed by atoms with Crippen molar-refractivity contribution in [2.75, 3.05) is 44.2 Å². The van der Waals surface area contributed by atoms with Gasteiger partial charge in [0.05, 0.1) is 18.4 Å². The number of benzene rings is 1. The normalized spacial score (nSPS) is 20.2. The lowest BCUT2D eigenvalue weighted by Gasteiger charge is -2.42. The van der Waals surface area contributed by atoms with Crippen LogP contribution in [0.1, 0.15) is 71.2 Å². The molecule has 1 aromatic carbocycles. The number of nitrogens with zero attached hydrogens (tertiary/aromatic N) is 5. The number of likely N-dealkylation sites (tertiary alicyclic amines) is 1. The van der Waals surface area contributed by atoms with Gasteiger partial charge in [0.25, 0.3) is 11.8 Å². The van der Waals surface area contributed by atoms with E-state index in [0.29, 0.717) is 61.6 Å². The quantitative estimate of drug-likeness (QED) is 0.546. The maximum Gasteiger partial charge on any atom is 0.275 e. The number of ether oxygens (including phenoxy) is 1. The van der Waals surface area contributed by atoms with Crippen molar-refractivity contribution in [2.45, 2.75) is 44.4 Å². The zero-order valence-electron chi connectivity index (χ0n) is 22.1. The van der Waals surface area contributed by atoms with Gasteiger partial charge in [-0.25, -0.2) is 9.97 Å². The summed E-state index contributed by atoms with van der Waals surface area (Å²) in [5.74, 6) is 2.23. The van der Waals surface area contributed by atoms with Crippen molar-refractivity contribution < 1.29 is 18.7 Å². The van der Waals surface area contributed by atoms with Gasteiger partial charge in [0, 0.05) is 56.5 Å². The number of anilines is 1. The minimum absolute atomic E-state index is 0.0677. The van der Waals surface area contributed by atoms with E-state index in [1.165, 1.54) is 6.26 Å². The van der Waals surface area contributed by atoms with Crippen molar-refractivity contribution in [2.24, 2.45) is 5.41 Å². The van der Waals surface area contributed by atoms with E-state index >= 15 is 0 Å². The van der Waals surface area contributed by atoms with Gasteiger partial charge in [-0.2, -0.15) is 0 Å². The summed E-state index contributed by atoms with van der Waals surface area (Å²) in [5, 5.41) is 3.03. The first-order chi connectivity index (χ1) is 19.1. The van der Waals surface area contributed by atoms with Gasteiger partial charge in [-0.1, -0.05) is 12.1 Å². The third-order valence-corrected chi connectivity index (χ3v) is 8.12. The highest BCUT2D eigenvalue weighted by Gasteiger charge is 2.38. The smallest absolute Gasteiger partial charge is 0.275 e. The Kier molecular flexibility index (Phi) is 7.17. The van der Waals surface area contributed by atoms with Crippen LogP contribution in [0.2, 0.25) is 0 Å². The van der Waals surface area contributed by atoms with Crippen molar-refractivity contribution in [3.8, 4) is 5.75 Å². The number of para-hydroxylation sites is 1. The highest BCUT2D eigenvalue weighted by Crippen LogP contribution is 2.40. The van der Waals surface area contributed by atoms with Crippen LogP contribution < -0.4 is 15.0 Å². The van der Waals surface area contributed by atoms with Gasteiger partial charge in [-0.15, -0.1) is 0 Å². The third-order valence-electron chi connectivity index (χ3n) is 8.12. The summed E-state index contributed by atoms with van der Waals surface area (Å²) >= 11 is 0. The molecule has 0 bridgehead atoms. The Bertz CT molecular complexity index is 1300. The van der Waals surface area contributed by atoms with Crippen molar-refractivity contribution in [3.63, 3.8) is 0 Å². The molecule has 2 amide bonds. The predicted octanol–water partition coefficient (Wildman–Crippen LogP) is 3.67. The molecule has 0 radical (unpaired) electrons. The molecule has 1 spiro atoms. The number of hydrogen-bond donors (Lipinski definition) is 1. The van der Waals surface area contributed by atoms with Crippen LogP contribution in [0.25, 0.3) is 0 Å². The van der Waals surface area contributed by atoms with E-state index in [9.17, 15) is 9.59 Å². The fourth-order valence-corrected chi connectivity index (χ4v) is 5.57. The molecule has 2 aliphatic heterocycles. The summed E-state index contributed by atoms with van der Waals surface area (Å²) in [7, 11) is 0. The molecule has 1 N–H and O–H groups in total. The molecule has 1 aliphatic carbocycles. The van der Waals surface area contributed by atoms with Gasteiger partial charge < -0.3 is 24.3 Å². The first-order valence-corrected chi connectivity index (χ1v) is 13.9. The first kappa shape index (κ1) is 25.3. The van der Waals surface area contributed by atoms with Crippen molar-refractivity contribution >= 4 is 17.6 Å². The molecule has 3 aromatic rings. The maximum atomic E-state index is 13.2. The molecule has 3 aliphatic rings. The molecule has 0 unspecified atom stereocenters. The number of nitrogens with one attached hydrogen (secondary N) is 1. The van der Waals surface area contributed by atoms with Crippen LogP contribution in [0.5, 0.6) is 5.75 Å². The number of rotatable bonds is 3. The van der Waals surface area contributed by atoms with E-state index < -0.39 is 0 Å². The number of fused-ring (bicyclic) bond motifs is 1. The number of oxazole rings is 1. The molecule has 1 saturated carbocycles. The van der Waals surface area contributed by atoms with Crippen molar-refractivity contribution in [1.29, 1.82) is 0 Å². The van der Waals surface area contributed by atoms with E-state index in [1.807, 2.05) is 23.1 Å². The molecule has 10 heteroatoms. The second kappa shape index (κ2) is 11.0. The van der Waals surface area contributed by atoms with Gasteiger partial charge >= 0.3 is 0 Å². The Labute approximate surface area is 227 Å². The number of amides is 2. The highest BCUT2D eigenvalue weighted by molar-refractivity contribution is 5.97. The predicted molar refractivity (Wildman–Crippen MR) is 144 cm³/mol. The fourth-order valence-electron chi connectivity index (χ4n) is 5.57. The number of piperidine rings is 1. The number of aromatic nitrogens is 3. The first-order valence-electron chi connectivity index (χ1n) is 13.9. The van der Waals surface area contributed by atoms with Crippen LogP contribution in [-0.2, 0) is 0 Å². The molecule has 4 heterocycles. The summed E-state index contributed by atoms with van der Waals surface area (Å²) in [6, 6.07) is 7.40. The van der Waals surface area contributed by atoms with Crippen LogP contribution in [0, 0.1) is 5.41 Å². The Balaban J connectivity index is 1.19. The topological polar surface area (TPSA) is 114 Å².